The molecule has 2 aliphatic heterocycles. The molecule has 20 heavy (non-hydrogen) atoms. The second kappa shape index (κ2) is 5.44. The summed E-state index contributed by atoms with van der Waals surface area (Å²) in [7, 11) is 0. The van der Waals surface area contributed by atoms with Crippen molar-refractivity contribution in [3.05, 3.63) is 23.8 Å². The topological polar surface area (TPSA) is 52.6 Å². The fourth-order valence-corrected chi connectivity index (χ4v) is 3.35. The summed E-state index contributed by atoms with van der Waals surface area (Å²) in [4.78, 5) is 14.0. The molecule has 2 atom stereocenters. The predicted octanol–water partition coefficient (Wildman–Crippen LogP) is 2.83. The van der Waals surface area contributed by atoms with Crippen LogP contribution in [0.2, 0.25) is 0 Å². The minimum absolute atomic E-state index is 0.319. The molecule has 1 aromatic rings. The van der Waals surface area contributed by atoms with Crippen LogP contribution >= 0.6 is 0 Å². The average Bonchev–Trinajstić information content (AvgIpc) is 2.66. The largest absolute Gasteiger partial charge is 0.378 e. The number of carbonyl (C=O) groups excluding carboxylic acids is 1. The van der Waals surface area contributed by atoms with Gasteiger partial charge in [-0.25, -0.2) is 0 Å². The molecule has 108 valence electrons. The zero-order valence-corrected chi connectivity index (χ0v) is 11.9. The normalized spacial score (nSPS) is 26.1. The molecule has 0 aromatic heterocycles. The quantitative estimate of drug-likeness (QED) is 0.872. The van der Waals surface area contributed by atoms with E-state index in [1.807, 2.05) is 18.2 Å². The van der Waals surface area contributed by atoms with E-state index in [2.05, 4.69) is 17.1 Å². The maximum atomic E-state index is 11.5. The zero-order valence-electron chi connectivity index (χ0n) is 11.9. The summed E-state index contributed by atoms with van der Waals surface area (Å²) < 4.78 is 0. The molecule has 2 N–H and O–H groups in total. The number of hydrogen-bond donors (Lipinski definition) is 2. The highest BCUT2D eigenvalue weighted by atomic mass is 16.3. The van der Waals surface area contributed by atoms with Gasteiger partial charge in [-0.3, -0.25) is 4.79 Å². The van der Waals surface area contributed by atoms with E-state index >= 15 is 0 Å². The summed E-state index contributed by atoms with van der Waals surface area (Å²) in [5.74, 6) is -0.319. The molecule has 1 fully saturated rings. The molecule has 1 aromatic carbocycles. The van der Waals surface area contributed by atoms with Crippen molar-refractivity contribution in [2.75, 3.05) is 16.8 Å². The van der Waals surface area contributed by atoms with Crippen molar-refractivity contribution in [3.63, 3.8) is 0 Å². The minimum atomic E-state index is -1.01. The Morgan fingerprint density at radius 2 is 2.20 bits per heavy atom. The number of hydrogen-bond acceptors (Lipinski definition) is 3. The van der Waals surface area contributed by atoms with Crippen LogP contribution in [-0.2, 0) is 4.79 Å². The molecule has 0 saturated carbocycles. The standard InChI is InChI=1S/C16H22N2O2/c1-2-11-6-4-3-5-9-18(11)12-7-8-13-14(10-12)17-16(20)15(13)19/h7-8,10-11,15,19H,2-6,9H2,1H3,(H,17,20). The molecule has 0 bridgehead atoms. The number of carbonyl (C=O) groups is 1. The zero-order chi connectivity index (χ0) is 14.1. The molecule has 0 spiro atoms. The first-order chi connectivity index (χ1) is 9.70. The first kappa shape index (κ1) is 13.4. The molecule has 2 aliphatic rings. The Balaban J connectivity index is 1.90. The Kier molecular flexibility index (Phi) is 3.66. The van der Waals surface area contributed by atoms with Crippen LogP contribution in [0, 0.1) is 0 Å². The lowest BCUT2D eigenvalue weighted by atomic mass is 10.1. The van der Waals surface area contributed by atoms with Crippen molar-refractivity contribution in [1.82, 2.24) is 0 Å². The Morgan fingerprint density at radius 3 is 3.00 bits per heavy atom. The van der Waals surface area contributed by atoms with Crippen molar-refractivity contribution >= 4 is 17.3 Å². The maximum absolute atomic E-state index is 11.5. The number of amides is 1. The van der Waals surface area contributed by atoms with Crippen LogP contribution in [-0.4, -0.2) is 23.6 Å². The summed E-state index contributed by atoms with van der Waals surface area (Å²) in [6, 6.07) is 6.51. The summed E-state index contributed by atoms with van der Waals surface area (Å²) in [5.41, 5.74) is 2.62. The van der Waals surface area contributed by atoms with Crippen LogP contribution < -0.4 is 10.2 Å². The molecule has 1 amide bonds. The second-order valence-corrected chi connectivity index (χ2v) is 5.77. The molecule has 0 radical (unpaired) electrons. The predicted molar refractivity (Wildman–Crippen MR) is 79.9 cm³/mol. The van der Waals surface area contributed by atoms with Crippen LogP contribution in [0.4, 0.5) is 11.4 Å². The van der Waals surface area contributed by atoms with Gasteiger partial charge in [0.15, 0.2) is 6.10 Å². The van der Waals surface area contributed by atoms with Gasteiger partial charge in [0.25, 0.3) is 5.91 Å². The van der Waals surface area contributed by atoms with Crippen LogP contribution in [0.3, 0.4) is 0 Å². The van der Waals surface area contributed by atoms with Gasteiger partial charge in [-0.2, -0.15) is 0 Å². The van der Waals surface area contributed by atoms with E-state index in [1.165, 1.54) is 25.7 Å². The van der Waals surface area contributed by atoms with Crippen LogP contribution in [0.25, 0.3) is 0 Å². The lowest BCUT2D eigenvalue weighted by Crippen LogP contribution is -2.34. The molecule has 0 aliphatic carbocycles. The number of aliphatic hydroxyl groups excluding tert-OH is 1. The van der Waals surface area contributed by atoms with Crippen LogP contribution in [0.1, 0.15) is 50.7 Å². The number of nitrogens with zero attached hydrogens (tertiary/aromatic N) is 1. The smallest absolute Gasteiger partial charge is 0.257 e. The third-order valence-electron chi connectivity index (χ3n) is 4.52. The fraction of sp³-hybridized carbons (Fsp3) is 0.562. The third-order valence-corrected chi connectivity index (χ3v) is 4.52. The highest BCUT2D eigenvalue weighted by Crippen LogP contribution is 2.35. The summed E-state index contributed by atoms with van der Waals surface area (Å²) in [5, 5.41) is 12.5. The van der Waals surface area contributed by atoms with Crippen LogP contribution in [0.5, 0.6) is 0 Å². The fourth-order valence-electron chi connectivity index (χ4n) is 3.35. The van der Waals surface area contributed by atoms with E-state index < -0.39 is 6.10 Å². The SMILES string of the molecule is CCC1CCCCCN1c1ccc2c(c1)NC(=O)C2O. The molecule has 1 saturated heterocycles. The van der Waals surface area contributed by atoms with Gasteiger partial charge < -0.3 is 15.3 Å². The van der Waals surface area contributed by atoms with Gasteiger partial charge in [0.05, 0.1) is 0 Å². The van der Waals surface area contributed by atoms with E-state index in [0.717, 1.165) is 24.3 Å². The van der Waals surface area contributed by atoms with Gasteiger partial charge in [-0.15, -0.1) is 0 Å². The molecular formula is C16H22N2O2. The summed E-state index contributed by atoms with van der Waals surface area (Å²) in [6.45, 7) is 3.32. The van der Waals surface area contributed by atoms with E-state index in [9.17, 15) is 9.90 Å². The first-order valence-electron chi connectivity index (χ1n) is 7.60. The molecular weight excluding hydrogens is 252 g/mol. The van der Waals surface area contributed by atoms with Crippen molar-refractivity contribution < 1.29 is 9.90 Å². The van der Waals surface area contributed by atoms with E-state index in [-0.39, 0.29) is 5.91 Å². The number of rotatable bonds is 2. The van der Waals surface area contributed by atoms with Gasteiger partial charge in [0, 0.05) is 29.5 Å². The Labute approximate surface area is 119 Å². The van der Waals surface area contributed by atoms with Crippen LogP contribution in [0.15, 0.2) is 18.2 Å². The van der Waals surface area contributed by atoms with Crippen molar-refractivity contribution in [1.29, 1.82) is 0 Å². The number of aliphatic hydroxyl groups is 1. The Hall–Kier alpha value is -1.55. The van der Waals surface area contributed by atoms with E-state index in [4.69, 9.17) is 0 Å². The lowest BCUT2D eigenvalue weighted by molar-refractivity contribution is -0.123. The third kappa shape index (κ3) is 2.29. The highest BCUT2D eigenvalue weighted by Gasteiger charge is 2.29. The van der Waals surface area contributed by atoms with E-state index in [1.54, 1.807) is 0 Å². The minimum Gasteiger partial charge on any atom is -0.378 e. The Bertz CT molecular complexity index is 515. The van der Waals surface area contributed by atoms with Gasteiger partial charge in [-0.1, -0.05) is 25.8 Å². The second-order valence-electron chi connectivity index (χ2n) is 5.77. The van der Waals surface area contributed by atoms with Crippen molar-refractivity contribution in [3.8, 4) is 0 Å². The van der Waals surface area contributed by atoms with Gasteiger partial charge in [-0.05, 0) is 31.4 Å². The maximum Gasteiger partial charge on any atom is 0.257 e. The first-order valence-corrected chi connectivity index (χ1v) is 7.60. The summed E-state index contributed by atoms with van der Waals surface area (Å²) in [6.07, 6.45) is 5.20. The highest BCUT2D eigenvalue weighted by molar-refractivity contribution is 6.02. The van der Waals surface area contributed by atoms with Crippen molar-refractivity contribution in [2.45, 2.75) is 51.2 Å². The monoisotopic (exact) mass is 274 g/mol. The molecule has 4 heteroatoms. The lowest BCUT2D eigenvalue weighted by Gasteiger charge is -2.31. The number of nitrogens with one attached hydrogen (secondary N) is 1. The molecule has 4 nitrogen and oxygen atoms in total. The number of anilines is 2. The molecule has 2 heterocycles. The molecule has 2 unspecified atom stereocenters. The van der Waals surface area contributed by atoms with Gasteiger partial charge in [0.1, 0.15) is 0 Å². The molecule has 3 rings (SSSR count). The van der Waals surface area contributed by atoms with Crippen molar-refractivity contribution in [2.24, 2.45) is 0 Å². The van der Waals surface area contributed by atoms with Gasteiger partial charge in [0.2, 0.25) is 0 Å². The number of benzene rings is 1. The summed E-state index contributed by atoms with van der Waals surface area (Å²) >= 11 is 0. The Morgan fingerprint density at radius 1 is 1.35 bits per heavy atom. The van der Waals surface area contributed by atoms with E-state index in [0.29, 0.717) is 11.6 Å². The average molecular weight is 274 g/mol. The number of fused-ring (bicyclic) bond motifs is 1. The van der Waals surface area contributed by atoms with Gasteiger partial charge >= 0.3 is 0 Å².